The normalized spacial score (nSPS) is 30.8. The number of fused-ring (bicyclic) bond motifs is 1. The van der Waals surface area contributed by atoms with Crippen molar-refractivity contribution >= 4 is 17.0 Å². The van der Waals surface area contributed by atoms with Crippen molar-refractivity contribution in [2.45, 2.75) is 44.5 Å². The van der Waals surface area contributed by atoms with Gasteiger partial charge >= 0.3 is 0 Å². The van der Waals surface area contributed by atoms with E-state index < -0.39 is 0 Å². The van der Waals surface area contributed by atoms with Crippen LogP contribution in [0, 0.1) is 5.92 Å². The van der Waals surface area contributed by atoms with Crippen LogP contribution in [0.4, 0.5) is 5.82 Å². The third-order valence-electron chi connectivity index (χ3n) is 4.72. The fourth-order valence-corrected chi connectivity index (χ4v) is 3.32. The fraction of sp³-hybridized carbons (Fsp3) is 0.625. The molecule has 1 aliphatic heterocycles. The Hall–Kier alpha value is -1.86. The fourth-order valence-electron chi connectivity index (χ4n) is 3.32. The lowest BCUT2D eigenvalue weighted by molar-refractivity contribution is -0.190. The zero-order chi connectivity index (χ0) is 15.7. The van der Waals surface area contributed by atoms with E-state index in [1.165, 1.54) is 19.2 Å². The van der Waals surface area contributed by atoms with Crippen molar-refractivity contribution in [1.29, 1.82) is 0 Å². The van der Waals surface area contributed by atoms with Crippen molar-refractivity contribution in [3.63, 3.8) is 0 Å². The van der Waals surface area contributed by atoms with Crippen LogP contribution in [0.1, 0.15) is 32.6 Å². The van der Waals surface area contributed by atoms with E-state index in [0.717, 1.165) is 18.8 Å². The van der Waals surface area contributed by atoms with Gasteiger partial charge in [-0.05, 0) is 18.8 Å². The number of aromatic nitrogens is 4. The zero-order valence-electron chi connectivity index (χ0n) is 13.2. The van der Waals surface area contributed by atoms with E-state index in [1.807, 2.05) is 0 Å². The number of nitrogens with zero attached hydrogens (tertiary/aromatic N) is 4. The summed E-state index contributed by atoms with van der Waals surface area (Å²) in [5.41, 5.74) is 1.27. The molecular formula is C16H21N5O2. The van der Waals surface area contributed by atoms with E-state index in [9.17, 15) is 0 Å². The van der Waals surface area contributed by atoms with Crippen LogP contribution >= 0.6 is 0 Å². The maximum atomic E-state index is 6.21. The number of hydrogen-bond acceptors (Lipinski definition) is 7. The number of rotatable bonds is 3. The van der Waals surface area contributed by atoms with Gasteiger partial charge in [0.25, 0.3) is 0 Å². The number of anilines is 1. The average Bonchev–Trinajstić information content (AvgIpc) is 2.99. The van der Waals surface area contributed by atoms with Gasteiger partial charge in [0, 0.05) is 31.8 Å². The van der Waals surface area contributed by atoms with Crippen LogP contribution in [0.5, 0.6) is 0 Å². The molecule has 7 nitrogen and oxygen atoms in total. The molecule has 1 unspecified atom stereocenters. The molecule has 1 saturated carbocycles. The highest BCUT2D eigenvalue weighted by Gasteiger charge is 2.43. The van der Waals surface area contributed by atoms with Gasteiger partial charge in [-0.25, -0.2) is 19.9 Å². The minimum atomic E-state index is -0.355. The van der Waals surface area contributed by atoms with Gasteiger partial charge < -0.3 is 14.8 Å². The third-order valence-corrected chi connectivity index (χ3v) is 4.72. The third kappa shape index (κ3) is 2.98. The Balaban J connectivity index is 1.40. The minimum Gasteiger partial charge on any atom is -0.365 e. The van der Waals surface area contributed by atoms with E-state index in [4.69, 9.17) is 9.47 Å². The highest BCUT2D eigenvalue weighted by atomic mass is 16.7. The van der Waals surface area contributed by atoms with Crippen molar-refractivity contribution in [2.24, 2.45) is 5.92 Å². The molecule has 2 aliphatic rings. The van der Waals surface area contributed by atoms with Crippen molar-refractivity contribution in [1.82, 2.24) is 19.9 Å². The number of hydrogen-bond donors (Lipinski definition) is 1. The number of ether oxygens (including phenoxy) is 2. The lowest BCUT2D eigenvalue weighted by atomic mass is 9.86. The smallest absolute Gasteiger partial charge is 0.183 e. The van der Waals surface area contributed by atoms with Gasteiger partial charge in [0.2, 0.25) is 0 Å². The lowest BCUT2D eigenvalue weighted by Crippen LogP contribution is -2.36. The molecule has 0 radical (unpaired) electrons. The first-order chi connectivity index (χ1) is 11.2. The number of nitrogens with one attached hydrogen (secondary N) is 1. The molecule has 1 aliphatic carbocycles. The zero-order valence-corrected chi connectivity index (χ0v) is 13.2. The Morgan fingerprint density at radius 3 is 2.87 bits per heavy atom. The molecule has 0 aromatic carbocycles. The molecule has 1 spiro atoms. The second kappa shape index (κ2) is 5.98. The largest absolute Gasteiger partial charge is 0.365 e. The molecular weight excluding hydrogens is 294 g/mol. The van der Waals surface area contributed by atoms with Gasteiger partial charge in [0.1, 0.15) is 17.9 Å². The van der Waals surface area contributed by atoms with E-state index in [2.05, 4.69) is 32.2 Å². The Morgan fingerprint density at radius 1 is 1.17 bits per heavy atom. The van der Waals surface area contributed by atoms with Crippen LogP contribution in [0.25, 0.3) is 11.2 Å². The quantitative estimate of drug-likeness (QED) is 0.929. The highest BCUT2D eigenvalue weighted by Crippen LogP contribution is 2.39. The Kier molecular flexibility index (Phi) is 3.82. The van der Waals surface area contributed by atoms with Crippen LogP contribution in [0.2, 0.25) is 0 Å². The molecule has 7 heteroatoms. The Bertz CT molecular complexity index is 682. The van der Waals surface area contributed by atoms with E-state index in [1.54, 1.807) is 12.4 Å². The summed E-state index contributed by atoms with van der Waals surface area (Å²) in [7, 11) is 0. The van der Waals surface area contributed by atoms with Crippen LogP contribution in [-0.4, -0.2) is 45.0 Å². The van der Waals surface area contributed by atoms with Crippen LogP contribution in [-0.2, 0) is 9.47 Å². The van der Waals surface area contributed by atoms with Crippen molar-refractivity contribution < 1.29 is 9.47 Å². The summed E-state index contributed by atoms with van der Waals surface area (Å²) < 4.78 is 12.2. The second-order valence-corrected chi connectivity index (χ2v) is 6.48. The summed E-state index contributed by atoms with van der Waals surface area (Å²) in [5, 5.41) is 3.30. The molecule has 0 bridgehead atoms. The predicted octanol–water partition coefficient (Wildman–Crippen LogP) is 2.15. The van der Waals surface area contributed by atoms with Gasteiger partial charge in [-0.1, -0.05) is 6.92 Å². The van der Waals surface area contributed by atoms with Crippen LogP contribution < -0.4 is 5.32 Å². The van der Waals surface area contributed by atoms with Gasteiger partial charge in [-0.15, -0.1) is 0 Å². The maximum absolute atomic E-state index is 6.21. The molecule has 3 heterocycles. The minimum absolute atomic E-state index is 0.0325. The van der Waals surface area contributed by atoms with Crippen molar-refractivity contribution in [2.75, 3.05) is 18.5 Å². The molecule has 23 heavy (non-hydrogen) atoms. The summed E-state index contributed by atoms with van der Waals surface area (Å²) >= 11 is 0. The maximum Gasteiger partial charge on any atom is 0.183 e. The first-order valence-electron chi connectivity index (χ1n) is 8.21. The summed E-state index contributed by atoms with van der Waals surface area (Å²) in [5.74, 6) is 1.10. The first kappa shape index (κ1) is 14.7. The van der Waals surface area contributed by atoms with Gasteiger partial charge in [0.05, 0.1) is 6.61 Å². The van der Waals surface area contributed by atoms with Crippen LogP contribution in [0.15, 0.2) is 18.7 Å². The summed E-state index contributed by atoms with van der Waals surface area (Å²) in [4.78, 5) is 16.9. The average molecular weight is 315 g/mol. The predicted molar refractivity (Wildman–Crippen MR) is 84.8 cm³/mol. The SMILES string of the molecule is CC1CCC2(CC1)OCC(CNc1ncnc3nccnc13)O2. The molecule has 2 fully saturated rings. The molecule has 1 saturated heterocycles. The first-order valence-corrected chi connectivity index (χ1v) is 8.21. The monoisotopic (exact) mass is 315 g/mol. The lowest BCUT2D eigenvalue weighted by Gasteiger charge is -2.34. The summed E-state index contributed by atoms with van der Waals surface area (Å²) in [6, 6.07) is 0. The van der Waals surface area contributed by atoms with Gasteiger partial charge in [-0.3, -0.25) is 0 Å². The van der Waals surface area contributed by atoms with Gasteiger partial charge in [0.15, 0.2) is 17.3 Å². The van der Waals surface area contributed by atoms with E-state index in [-0.39, 0.29) is 11.9 Å². The van der Waals surface area contributed by atoms with E-state index in [0.29, 0.717) is 30.1 Å². The summed E-state index contributed by atoms with van der Waals surface area (Å²) in [6.45, 7) is 3.55. The topological polar surface area (TPSA) is 82.0 Å². The molecule has 2 aromatic heterocycles. The second-order valence-electron chi connectivity index (χ2n) is 6.48. The molecule has 4 rings (SSSR count). The Labute approximate surface area is 134 Å². The van der Waals surface area contributed by atoms with Crippen molar-refractivity contribution in [3.8, 4) is 0 Å². The standard InChI is InChI=1S/C16H21N5O2/c1-11-2-4-16(5-3-11)22-9-12(23-16)8-19-15-13-14(20-10-21-15)18-7-6-17-13/h6-7,10-12H,2-5,8-9H2,1H3,(H,18,19,20,21). The molecule has 1 N–H and O–H groups in total. The van der Waals surface area contributed by atoms with Gasteiger partial charge in [-0.2, -0.15) is 0 Å². The van der Waals surface area contributed by atoms with E-state index >= 15 is 0 Å². The highest BCUT2D eigenvalue weighted by molar-refractivity contribution is 5.81. The molecule has 0 amide bonds. The Morgan fingerprint density at radius 2 is 2.00 bits per heavy atom. The molecule has 2 aromatic rings. The molecule has 122 valence electrons. The molecule has 1 atom stereocenters. The van der Waals surface area contributed by atoms with Crippen LogP contribution in [0.3, 0.4) is 0 Å². The summed E-state index contributed by atoms with van der Waals surface area (Å²) in [6.07, 6.45) is 9.13. The van der Waals surface area contributed by atoms with Crippen molar-refractivity contribution in [3.05, 3.63) is 18.7 Å².